The number of carbonyl (C=O) groups is 1. The number of esters is 1. The van der Waals surface area contributed by atoms with Gasteiger partial charge in [-0.05, 0) is 19.4 Å². The molecule has 0 radical (unpaired) electrons. The number of hydrogen-bond acceptors (Lipinski definition) is 5. The van der Waals surface area contributed by atoms with E-state index in [1.54, 1.807) is 0 Å². The molecule has 0 spiro atoms. The molecule has 0 fully saturated rings. The SMILES string of the molecule is CCCC1(O)OC(=O)c2c1cc(O)c(O)c2C. The van der Waals surface area contributed by atoms with Gasteiger partial charge in [0.2, 0.25) is 5.79 Å². The maximum atomic E-state index is 11.7. The number of fused-ring (bicyclic) bond motifs is 1. The van der Waals surface area contributed by atoms with Crippen LogP contribution < -0.4 is 0 Å². The molecule has 0 aromatic heterocycles. The van der Waals surface area contributed by atoms with Crippen molar-refractivity contribution in [2.75, 3.05) is 0 Å². The third-order valence-electron chi connectivity index (χ3n) is 3.00. The van der Waals surface area contributed by atoms with Crippen molar-refractivity contribution in [2.24, 2.45) is 0 Å². The lowest BCUT2D eigenvalue weighted by Gasteiger charge is -2.21. The summed E-state index contributed by atoms with van der Waals surface area (Å²) in [5, 5.41) is 29.3. The highest BCUT2D eigenvalue weighted by atomic mass is 16.7. The average Bonchev–Trinajstić information content (AvgIpc) is 2.48. The first kappa shape index (κ1) is 11.7. The summed E-state index contributed by atoms with van der Waals surface area (Å²) in [7, 11) is 0. The zero-order chi connectivity index (χ0) is 12.8. The van der Waals surface area contributed by atoms with E-state index >= 15 is 0 Å². The van der Waals surface area contributed by atoms with Crippen molar-refractivity contribution in [1.82, 2.24) is 0 Å². The van der Waals surface area contributed by atoms with Gasteiger partial charge >= 0.3 is 5.97 Å². The van der Waals surface area contributed by atoms with Gasteiger partial charge in [0.25, 0.3) is 0 Å². The Bertz CT molecular complexity index is 494. The second kappa shape index (κ2) is 3.63. The molecule has 5 nitrogen and oxygen atoms in total. The molecule has 1 aliphatic rings. The summed E-state index contributed by atoms with van der Waals surface area (Å²) in [6.45, 7) is 3.34. The molecule has 92 valence electrons. The summed E-state index contributed by atoms with van der Waals surface area (Å²) in [5.74, 6) is -3.10. The Morgan fingerprint density at radius 1 is 1.41 bits per heavy atom. The summed E-state index contributed by atoms with van der Waals surface area (Å²) in [6.07, 6.45) is 0.860. The molecule has 0 amide bonds. The molecule has 0 bridgehead atoms. The molecule has 1 aromatic carbocycles. The Morgan fingerprint density at radius 3 is 2.65 bits per heavy atom. The monoisotopic (exact) mass is 238 g/mol. The first-order valence-electron chi connectivity index (χ1n) is 5.42. The molecule has 0 saturated carbocycles. The predicted molar refractivity (Wildman–Crippen MR) is 58.7 cm³/mol. The van der Waals surface area contributed by atoms with Gasteiger partial charge < -0.3 is 20.1 Å². The third-order valence-corrected chi connectivity index (χ3v) is 3.00. The maximum absolute atomic E-state index is 11.7. The number of carbonyl (C=O) groups excluding carboxylic acids is 1. The van der Waals surface area contributed by atoms with Crippen LogP contribution in [0, 0.1) is 6.92 Å². The smallest absolute Gasteiger partial charge is 0.341 e. The van der Waals surface area contributed by atoms with E-state index in [0.29, 0.717) is 6.42 Å². The number of cyclic esters (lactones) is 1. The molecule has 0 saturated heterocycles. The van der Waals surface area contributed by atoms with E-state index in [4.69, 9.17) is 4.74 Å². The topological polar surface area (TPSA) is 87.0 Å². The van der Waals surface area contributed by atoms with Gasteiger partial charge in [-0.3, -0.25) is 0 Å². The molecule has 1 unspecified atom stereocenters. The van der Waals surface area contributed by atoms with E-state index in [1.165, 1.54) is 13.0 Å². The normalized spacial score (nSPS) is 22.4. The Balaban J connectivity index is 2.67. The number of phenolic OH excluding ortho intramolecular Hbond substituents is 2. The van der Waals surface area contributed by atoms with Gasteiger partial charge in [-0.15, -0.1) is 0 Å². The molecule has 3 N–H and O–H groups in total. The third kappa shape index (κ3) is 1.54. The van der Waals surface area contributed by atoms with Crippen LogP contribution >= 0.6 is 0 Å². The quantitative estimate of drug-likeness (QED) is 0.537. The Kier molecular flexibility index (Phi) is 2.50. The highest BCUT2D eigenvalue weighted by Crippen LogP contribution is 2.44. The Labute approximate surface area is 98.3 Å². The van der Waals surface area contributed by atoms with Gasteiger partial charge in [-0.2, -0.15) is 0 Å². The van der Waals surface area contributed by atoms with Gasteiger partial charge in [-0.1, -0.05) is 6.92 Å². The number of aromatic hydroxyl groups is 2. The van der Waals surface area contributed by atoms with Gasteiger partial charge in [0.1, 0.15) is 0 Å². The van der Waals surface area contributed by atoms with Crippen LogP contribution in [-0.2, 0) is 10.5 Å². The van der Waals surface area contributed by atoms with Crippen LogP contribution in [0.5, 0.6) is 11.5 Å². The van der Waals surface area contributed by atoms with Crippen molar-refractivity contribution >= 4 is 5.97 Å². The van der Waals surface area contributed by atoms with Crippen molar-refractivity contribution in [2.45, 2.75) is 32.5 Å². The molecule has 1 atom stereocenters. The molecule has 0 aliphatic carbocycles. The molecule has 17 heavy (non-hydrogen) atoms. The number of ether oxygens (including phenoxy) is 1. The molecule has 5 heteroatoms. The molecule has 2 rings (SSSR count). The van der Waals surface area contributed by atoms with E-state index in [-0.39, 0.29) is 34.6 Å². The minimum atomic E-state index is -1.70. The van der Waals surface area contributed by atoms with Crippen molar-refractivity contribution < 1.29 is 24.9 Å². The van der Waals surface area contributed by atoms with E-state index in [9.17, 15) is 20.1 Å². The number of rotatable bonds is 2. The van der Waals surface area contributed by atoms with Crippen LogP contribution in [0.2, 0.25) is 0 Å². The fourth-order valence-corrected chi connectivity index (χ4v) is 2.14. The molecule has 1 aliphatic heterocycles. The van der Waals surface area contributed by atoms with Gasteiger partial charge in [0, 0.05) is 17.5 Å². The summed E-state index contributed by atoms with van der Waals surface area (Å²) in [5.41, 5.74) is 0.574. The average molecular weight is 238 g/mol. The van der Waals surface area contributed by atoms with Crippen molar-refractivity contribution in [1.29, 1.82) is 0 Å². The molecule has 1 heterocycles. The van der Waals surface area contributed by atoms with Gasteiger partial charge in [0.05, 0.1) is 5.56 Å². The van der Waals surface area contributed by atoms with Crippen LogP contribution in [0.3, 0.4) is 0 Å². The Hall–Kier alpha value is -1.75. The van der Waals surface area contributed by atoms with E-state index in [2.05, 4.69) is 0 Å². The van der Waals surface area contributed by atoms with Crippen molar-refractivity contribution in [3.8, 4) is 11.5 Å². The minimum absolute atomic E-state index is 0.135. The maximum Gasteiger partial charge on any atom is 0.341 e. The van der Waals surface area contributed by atoms with Crippen LogP contribution in [0.15, 0.2) is 6.07 Å². The van der Waals surface area contributed by atoms with Crippen LogP contribution in [0.1, 0.15) is 41.3 Å². The lowest BCUT2D eigenvalue weighted by atomic mass is 9.94. The minimum Gasteiger partial charge on any atom is -0.504 e. The van der Waals surface area contributed by atoms with E-state index in [1.807, 2.05) is 6.92 Å². The summed E-state index contributed by atoms with van der Waals surface area (Å²) >= 11 is 0. The molecule has 1 aromatic rings. The van der Waals surface area contributed by atoms with Crippen molar-refractivity contribution in [3.63, 3.8) is 0 Å². The van der Waals surface area contributed by atoms with Crippen LogP contribution in [0.4, 0.5) is 0 Å². The number of benzene rings is 1. The number of phenols is 2. The zero-order valence-electron chi connectivity index (χ0n) is 9.65. The number of aliphatic hydroxyl groups is 1. The predicted octanol–water partition coefficient (Wildman–Crippen LogP) is 1.52. The second-order valence-electron chi connectivity index (χ2n) is 4.22. The second-order valence-corrected chi connectivity index (χ2v) is 4.22. The highest BCUT2D eigenvalue weighted by molar-refractivity contribution is 5.97. The fraction of sp³-hybridized carbons (Fsp3) is 0.417. The lowest BCUT2D eigenvalue weighted by Crippen LogP contribution is -2.25. The summed E-state index contributed by atoms with van der Waals surface area (Å²) in [6, 6.07) is 1.18. The lowest BCUT2D eigenvalue weighted by molar-refractivity contribution is -0.167. The number of hydrogen-bond donors (Lipinski definition) is 3. The largest absolute Gasteiger partial charge is 0.504 e. The highest BCUT2D eigenvalue weighted by Gasteiger charge is 2.45. The molecular formula is C12H14O5. The zero-order valence-corrected chi connectivity index (χ0v) is 9.65. The van der Waals surface area contributed by atoms with Crippen LogP contribution in [0.25, 0.3) is 0 Å². The van der Waals surface area contributed by atoms with Gasteiger partial charge in [-0.25, -0.2) is 4.79 Å². The Morgan fingerprint density at radius 2 is 2.06 bits per heavy atom. The standard InChI is InChI=1S/C12H14O5/c1-3-4-12(16)7-5-8(13)10(14)6(2)9(7)11(15)17-12/h5,13-14,16H,3-4H2,1-2H3. The van der Waals surface area contributed by atoms with E-state index in [0.717, 1.165) is 0 Å². The first-order chi connectivity index (χ1) is 7.90. The van der Waals surface area contributed by atoms with Crippen LogP contribution in [-0.4, -0.2) is 21.3 Å². The summed E-state index contributed by atoms with van der Waals surface area (Å²) < 4.78 is 4.94. The van der Waals surface area contributed by atoms with E-state index < -0.39 is 11.8 Å². The fourth-order valence-electron chi connectivity index (χ4n) is 2.14. The molecular weight excluding hydrogens is 224 g/mol. The first-order valence-corrected chi connectivity index (χ1v) is 5.42. The van der Waals surface area contributed by atoms with Gasteiger partial charge in [0.15, 0.2) is 11.5 Å². The summed E-state index contributed by atoms with van der Waals surface area (Å²) in [4.78, 5) is 11.7. The van der Waals surface area contributed by atoms with Crippen molar-refractivity contribution in [3.05, 3.63) is 22.8 Å².